The molecule has 9 rings (SSSR count). The first-order valence-electron chi connectivity index (χ1n) is 25.1. The average Bonchev–Trinajstić information content (AvgIpc) is 4.21. The highest BCUT2D eigenvalue weighted by molar-refractivity contribution is 5.87. The number of alkyl halides is 3. The Morgan fingerprint density at radius 2 is 1.27 bits per heavy atom. The Morgan fingerprint density at radius 1 is 0.718 bits per heavy atom. The molecule has 5 aromatic rings. The minimum Gasteiger partial charge on any atom is -0.465 e. The van der Waals surface area contributed by atoms with Gasteiger partial charge in [0.15, 0.2) is 0 Å². The van der Waals surface area contributed by atoms with Crippen LogP contribution in [-0.4, -0.2) is 116 Å². The number of hydrogen-bond donors (Lipinski definition) is 4. The predicted octanol–water partition coefficient (Wildman–Crippen LogP) is 9.87. The zero-order valence-corrected chi connectivity index (χ0v) is 41.3. The molecule has 6 heterocycles. The molecule has 19 heteroatoms. The summed E-state index contributed by atoms with van der Waals surface area (Å²) in [5.74, 6) is 0.293. The van der Waals surface area contributed by atoms with Gasteiger partial charge in [0.05, 0.1) is 58.9 Å². The first kappa shape index (κ1) is 49.5. The van der Waals surface area contributed by atoms with Gasteiger partial charge >= 0.3 is 18.4 Å². The number of amides is 4. The number of hydrogen-bond acceptors (Lipinski definition) is 9. The highest BCUT2D eigenvalue weighted by Crippen LogP contribution is 2.50. The first-order chi connectivity index (χ1) is 33.9. The summed E-state index contributed by atoms with van der Waals surface area (Å²) in [6.45, 7) is 9.50. The van der Waals surface area contributed by atoms with Crippen molar-refractivity contribution < 1.29 is 42.2 Å². The number of likely N-dealkylation sites (N-methyl/N-ethyl adjacent to an activating group) is 1. The average molecular weight is 983 g/mol. The second-order valence-electron chi connectivity index (χ2n) is 20.4. The fourth-order valence-corrected chi connectivity index (χ4v) is 11.7. The summed E-state index contributed by atoms with van der Waals surface area (Å²) in [5, 5.41) is 12.5. The molecule has 6 atom stereocenters. The van der Waals surface area contributed by atoms with Crippen molar-refractivity contribution in [2.75, 3.05) is 50.1 Å². The highest BCUT2D eigenvalue weighted by Gasteiger charge is 2.43. The molecular formula is C52H65F3N10O6. The third-order valence-electron chi connectivity index (χ3n) is 15.2. The van der Waals surface area contributed by atoms with Crippen molar-refractivity contribution in [2.24, 2.45) is 11.8 Å². The van der Waals surface area contributed by atoms with Crippen molar-refractivity contribution in [3.8, 4) is 0 Å². The third kappa shape index (κ3) is 9.67. The van der Waals surface area contributed by atoms with E-state index in [-0.39, 0.29) is 53.5 Å². The van der Waals surface area contributed by atoms with E-state index in [1.807, 2.05) is 75.1 Å². The number of likely N-dealkylation sites (tertiary alicyclic amines) is 2. The summed E-state index contributed by atoms with van der Waals surface area (Å²) in [6, 6.07) is 13.6. The minimum atomic E-state index is -4.60. The van der Waals surface area contributed by atoms with Gasteiger partial charge in [-0.3, -0.25) is 14.5 Å². The molecule has 380 valence electrons. The molecule has 0 spiro atoms. The lowest BCUT2D eigenvalue weighted by Gasteiger charge is -2.35. The molecule has 4 saturated heterocycles. The lowest BCUT2D eigenvalue weighted by atomic mass is 10.0. The Balaban J connectivity index is 1.06. The van der Waals surface area contributed by atoms with E-state index in [9.17, 15) is 24.3 Å². The number of carbonyl (C=O) groups excluding carboxylic acids is 3. The zero-order chi connectivity index (χ0) is 50.5. The van der Waals surface area contributed by atoms with Gasteiger partial charge < -0.3 is 44.7 Å². The molecule has 0 bridgehead atoms. The number of carboxylic acid groups (broad SMARTS) is 1. The Kier molecular flexibility index (Phi) is 13.9. The second-order valence-corrected chi connectivity index (χ2v) is 20.4. The number of anilines is 2. The maximum absolute atomic E-state index is 15.2. The summed E-state index contributed by atoms with van der Waals surface area (Å²) in [5.41, 5.74) is 4.58. The molecule has 0 aliphatic carbocycles. The summed E-state index contributed by atoms with van der Waals surface area (Å²) < 4.78 is 50.5. The van der Waals surface area contributed by atoms with E-state index in [0.29, 0.717) is 80.2 Å². The zero-order valence-electron chi connectivity index (χ0n) is 41.3. The second kappa shape index (κ2) is 19.9. The molecule has 71 heavy (non-hydrogen) atoms. The fourth-order valence-electron chi connectivity index (χ4n) is 11.7. The number of nitrogens with zero attached hydrogens (tertiary/aromatic N) is 7. The van der Waals surface area contributed by atoms with Gasteiger partial charge in [-0.1, -0.05) is 39.8 Å². The molecule has 2 aromatic heterocycles. The number of halogens is 3. The smallest absolute Gasteiger partial charge is 0.418 e. The van der Waals surface area contributed by atoms with Crippen LogP contribution in [0.25, 0.3) is 22.1 Å². The van der Waals surface area contributed by atoms with Gasteiger partial charge in [-0.05, 0) is 123 Å². The maximum atomic E-state index is 15.2. The van der Waals surface area contributed by atoms with Crippen LogP contribution < -0.4 is 15.1 Å². The summed E-state index contributed by atoms with van der Waals surface area (Å²) in [4.78, 5) is 77.6. The maximum Gasteiger partial charge on any atom is 0.418 e. The minimum absolute atomic E-state index is 0.190. The van der Waals surface area contributed by atoms with Gasteiger partial charge in [0.25, 0.3) is 0 Å². The van der Waals surface area contributed by atoms with Gasteiger partial charge in [0.2, 0.25) is 11.8 Å². The standard InChI is InChI=1S/C52H65F3N10O6/c1-29(2)44(60-50(68)71-6)48(66)63-24-10-12-42(63)46-56-35-17-14-31(26-37(35)58-46)39-20-21-40(65(39)33-16-19-41(34(28-33)52(53,54)55)62-22-8-7-9-23-62)32-15-18-36-38(27-32)59-47(57-36)43-13-11-25-64(43)49(67)45(30(3)4)61(5)51(69)70/h14-19,26-30,39-40,42-45H,7-13,20-25H2,1-6H3,(H,56,58)(H,57,59)(H,60,68)(H,69,70)/t39-,40-,42+,43+,44+,45+/m1/s1. The first-order valence-corrected chi connectivity index (χ1v) is 25.1. The van der Waals surface area contributed by atoms with E-state index in [4.69, 9.17) is 14.7 Å². The number of imidazole rings is 2. The topological polar surface area (TPSA) is 183 Å². The Morgan fingerprint density at radius 3 is 1.76 bits per heavy atom. The van der Waals surface area contributed by atoms with E-state index < -0.39 is 36.0 Å². The van der Waals surface area contributed by atoms with Crippen LogP contribution in [0.4, 0.5) is 34.1 Å². The largest absolute Gasteiger partial charge is 0.465 e. The fraction of sp³-hybridized carbons (Fsp3) is 0.538. The highest BCUT2D eigenvalue weighted by atomic mass is 19.4. The summed E-state index contributed by atoms with van der Waals surface area (Å²) in [7, 11) is 2.68. The van der Waals surface area contributed by atoms with Gasteiger partial charge in [-0.25, -0.2) is 19.6 Å². The quantitative estimate of drug-likeness (QED) is 0.0939. The number of ether oxygens (including phenoxy) is 1. The van der Waals surface area contributed by atoms with Crippen LogP contribution in [0.15, 0.2) is 54.6 Å². The molecule has 4 N–H and O–H groups in total. The Bertz CT molecular complexity index is 2790. The molecular weight excluding hydrogens is 918 g/mol. The van der Waals surface area contributed by atoms with Crippen LogP contribution in [0.2, 0.25) is 0 Å². The SMILES string of the molecule is COC(=O)N[C@H](C(=O)N1CCC[C@H]1c1nc2cc([C@H]3CC[C@H](c4ccc5[nH]c([C@@H]6CCCN6C(=O)[C@H](C(C)C)N(C)C(=O)O)nc5c4)N3c3ccc(N4CCCCC4)c(C(F)(F)F)c3)ccc2[nH]1)C(C)C. The third-order valence-corrected chi connectivity index (χ3v) is 15.2. The van der Waals surface area contributed by atoms with Crippen LogP contribution in [0.3, 0.4) is 0 Å². The van der Waals surface area contributed by atoms with E-state index in [2.05, 4.69) is 20.2 Å². The monoisotopic (exact) mass is 983 g/mol. The lowest BCUT2D eigenvalue weighted by molar-refractivity contribution is -0.139. The van der Waals surface area contributed by atoms with Crippen molar-refractivity contribution >= 4 is 57.4 Å². The van der Waals surface area contributed by atoms with E-state index in [1.165, 1.54) is 20.2 Å². The van der Waals surface area contributed by atoms with Crippen molar-refractivity contribution in [2.45, 2.75) is 128 Å². The number of alkyl carbamates (subject to hydrolysis) is 1. The van der Waals surface area contributed by atoms with Crippen LogP contribution >= 0.6 is 0 Å². The molecule has 4 fully saturated rings. The van der Waals surface area contributed by atoms with Gasteiger partial charge in [-0.2, -0.15) is 13.2 Å². The lowest BCUT2D eigenvalue weighted by Crippen LogP contribution is -2.51. The number of rotatable bonds is 12. The molecule has 4 amide bonds. The Hall–Kier alpha value is -6.53. The summed E-state index contributed by atoms with van der Waals surface area (Å²) >= 11 is 0. The number of H-pyrrole nitrogens is 2. The Labute approximate surface area is 411 Å². The number of methoxy groups -OCH3 is 1. The molecule has 0 radical (unpaired) electrons. The van der Waals surface area contributed by atoms with Gasteiger partial charge in [-0.15, -0.1) is 0 Å². The molecule has 4 aliphatic rings. The molecule has 0 saturated carbocycles. The van der Waals surface area contributed by atoms with E-state index >= 15 is 13.2 Å². The molecule has 0 unspecified atom stereocenters. The van der Waals surface area contributed by atoms with Crippen molar-refractivity contribution in [1.82, 2.24) is 40.0 Å². The number of piperidine rings is 1. The summed E-state index contributed by atoms with van der Waals surface area (Å²) in [6.07, 6.45) is 0.265. The molecule has 16 nitrogen and oxygen atoms in total. The van der Waals surface area contributed by atoms with Crippen LogP contribution in [0, 0.1) is 11.8 Å². The van der Waals surface area contributed by atoms with Crippen molar-refractivity contribution in [3.63, 3.8) is 0 Å². The van der Waals surface area contributed by atoms with Crippen molar-refractivity contribution in [1.29, 1.82) is 0 Å². The number of benzene rings is 3. The number of nitrogens with one attached hydrogen (secondary N) is 3. The number of aromatic amines is 2. The van der Waals surface area contributed by atoms with Crippen LogP contribution in [0.1, 0.15) is 138 Å². The van der Waals surface area contributed by atoms with Crippen molar-refractivity contribution in [3.05, 3.63) is 82.9 Å². The molecule has 4 aliphatic heterocycles. The van der Waals surface area contributed by atoms with Gasteiger partial charge in [0.1, 0.15) is 23.7 Å². The van der Waals surface area contributed by atoms with E-state index in [0.717, 1.165) is 59.2 Å². The number of carbonyl (C=O) groups is 4. The van der Waals surface area contributed by atoms with E-state index in [1.54, 1.807) is 15.9 Å². The number of fused-ring (bicyclic) bond motifs is 2. The van der Waals surface area contributed by atoms with Crippen LogP contribution in [-0.2, 0) is 20.5 Å². The number of aromatic nitrogens is 4. The predicted molar refractivity (Wildman–Crippen MR) is 263 cm³/mol. The molecule has 3 aromatic carbocycles. The van der Waals surface area contributed by atoms with Crippen LogP contribution in [0.5, 0.6) is 0 Å². The van der Waals surface area contributed by atoms with Gasteiger partial charge in [0, 0.05) is 44.6 Å². The normalized spacial score (nSPS) is 21.7.